The molecule has 0 saturated heterocycles. The third-order valence-electron chi connectivity index (χ3n) is 3.79. The second-order valence-corrected chi connectivity index (χ2v) is 5.42. The summed E-state index contributed by atoms with van der Waals surface area (Å²) >= 11 is 0. The first-order valence-corrected chi connectivity index (χ1v) is 7.97. The molecule has 2 heterocycles. The van der Waals surface area contributed by atoms with Crippen molar-refractivity contribution < 1.29 is 18.7 Å². The maximum atomic E-state index is 12.3. The maximum Gasteiger partial charge on any atom is 0.322 e. The summed E-state index contributed by atoms with van der Waals surface area (Å²) in [5, 5.41) is 14.6. The zero-order chi connectivity index (χ0) is 18.7. The molecule has 0 saturated carbocycles. The van der Waals surface area contributed by atoms with Crippen LogP contribution in [0.3, 0.4) is 0 Å². The zero-order valence-corrected chi connectivity index (χ0v) is 14.9. The largest absolute Gasteiger partial charge is 0.493 e. The van der Waals surface area contributed by atoms with Crippen LogP contribution in [0, 0.1) is 6.92 Å². The van der Waals surface area contributed by atoms with Crippen molar-refractivity contribution in [1.29, 1.82) is 0 Å². The summed E-state index contributed by atoms with van der Waals surface area (Å²) in [4.78, 5) is 12.3. The maximum absolute atomic E-state index is 12.3. The quantitative estimate of drug-likeness (QED) is 0.723. The van der Waals surface area contributed by atoms with Crippen LogP contribution >= 0.6 is 0 Å². The van der Waals surface area contributed by atoms with E-state index in [0.717, 1.165) is 5.69 Å². The topological polar surface area (TPSA) is 104 Å². The van der Waals surface area contributed by atoms with Crippen molar-refractivity contribution >= 4 is 11.9 Å². The molecule has 0 aliphatic carbocycles. The summed E-state index contributed by atoms with van der Waals surface area (Å²) < 4.78 is 17.7. The number of hydrogen-bond acceptors (Lipinski definition) is 7. The van der Waals surface area contributed by atoms with E-state index < -0.39 is 5.91 Å². The van der Waals surface area contributed by atoms with Gasteiger partial charge in [0.05, 0.1) is 14.2 Å². The third-order valence-corrected chi connectivity index (χ3v) is 3.79. The van der Waals surface area contributed by atoms with E-state index in [1.165, 1.54) is 0 Å². The average Bonchev–Trinajstić information content (AvgIpc) is 3.27. The number of anilines is 1. The van der Waals surface area contributed by atoms with Gasteiger partial charge in [0.2, 0.25) is 5.89 Å². The molecule has 0 bridgehead atoms. The Morgan fingerprint density at radius 1 is 1.19 bits per heavy atom. The molecule has 9 heteroatoms. The van der Waals surface area contributed by atoms with Gasteiger partial charge in [-0.25, -0.2) is 0 Å². The Labute approximate surface area is 149 Å². The predicted molar refractivity (Wildman–Crippen MR) is 93.4 cm³/mol. The highest BCUT2D eigenvalue weighted by atomic mass is 16.5. The van der Waals surface area contributed by atoms with Crippen LogP contribution in [0.5, 0.6) is 11.5 Å². The number of methoxy groups -OCH3 is 2. The number of aryl methyl sites for hydroxylation is 2. The van der Waals surface area contributed by atoms with Gasteiger partial charge < -0.3 is 13.9 Å². The lowest BCUT2D eigenvalue weighted by Gasteiger charge is -2.07. The predicted octanol–water partition coefficient (Wildman–Crippen LogP) is 2.53. The summed E-state index contributed by atoms with van der Waals surface area (Å²) in [5.41, 5.74) is 1.83. The summed E-state index contributed by atoms with van der Waals surface area (Å²) in [6.45, 7) is 4.52. The number of hydrogen-bond donors (Lipinski definition) is 1. The number of carbonyl (C=O) groups is 1. The molecule has 3 aromatic rings. The van der Waals surface area contributed by atoms with Crippen molar-refractivity contribution in [3.8, 4) is 23.0 Å². The van der Waals surface area contributed by atoms with Crippen LogP contribution in [0.2, 0.25) is 0 Å². The molecule has 1 N–H and O–H groups in total. The highest BCUT2D eigenvalue weighted by Gasteiger charge is 2.17. The van der Waals surface area contributed by atoms with E-state index in [4.69, 9.17) is 13.9 Å². The van der Waals surface area contributed by atoms with Gasteiger partial charge >= 0.3 is 6.01 Å². The fourth-order valence-electron chi connectivity index (χ4n) is 2.46. The average molecular weight is 357 g/mol. The number of nitrogens with one attached hydrogen (secondary N) is 1. The van der Waals surface area contributed by atoms with Crippen LogP contribution in [-0.4, -0.2) is 40.1 Å². The van der Waals surface area contributed by atoms with E-state index in [2.05, 4.69) is 20.6 Å². The second-order valence-electron chi connectivity index (χ2n) is 5.42. The minimum absolute atomic E-state index is 0.0107. The lowest BCUT2D eigenvalue weighted by Crippen LogP contribution is -2.13. The van der Waals surface area contributed by atoms with Gasteiger partial charge in [0, 0.05) is 17.8 Å². The summed E-state index contributed by atoms with van der Waals surface area (Å²) in [6, 6.07) is 6.89. The Morgan fingerprint density at radius 2 is 1.96 bits per heavy atom. The van der Waals surface area contributed by atoms with Gasteiger partial charge in [-0.05, 0) is 38.1 Å². The summed E-state index contributed by atoms with van der Waals surface area (Å²) in [5.74, 6) is 0.958. The minimum Gasteiger partial charge on any atom is -0.493 e. The molecule has 0 spiro atoms. The van der Waals surface area contributed by atoms with E-state index >= 15 is 0 Å². The van der Waals surface area contributed by atoms with E-state index in [9.17, 15) is 4.79 Å². The van der Waals surface area contributed by atoms with Crippen LogP contribution in [0.1, 0.15) is 23.1 Å². The molecule has 0 fully saturated rings. The number of rotatable bonds is 6. The smallest absolute Gasteiger partial charge is 0.322 e. The van der Waals surface area contributed by atoms with Gasteiger partial charge in [-0.15, -0.1) is 5.10 Å². The molecular formula is C17H19N5O4. The Hall–Kier alpha value is -3.36. The first kappa shape index (κ1) is 17.5. The number of ether oxygens (including phenoxy) is 2. The fraction of sp³-hybridized carbons (Fsp3) is 0.294. The van der Waals surface area contributed by atoms with Crippen LogP contribution in [0.25, 0.3) is 11.5 Å². The molecule has 2 aromatic heterocycles. The molecule has 0 aliphatic rings. The molecule has 136 valence electrons. The molecule has 1 aromatic carbocycles. The van der Waals surface area contributed by atoms with Gasteiger partial charge in [-0.3, -0.25) is 14.8 Å². The van der Waals surface area contributed by atoms with Crippen LogP contribution in [0.4, 0.5) is 6.01 Å². The van der Waals surface area contributed by atoms with Crippen molar-refractivity contribution in [1.82, 2.24) is 20.0 Å². The van der Waals surface area contributed by atoms with E-state index in [-0.39, 0.29) is 17.6 Å². The summed E-state index contributed by atoms with van der Waals surface area (Å²) in [7, 11) is 3.10. The molecular weight excluding hydrogens is 338 g/mol. The fourth-order valence-corrected chi connectivity index (χ4v) is 2.46. The van der Waals surface area contributed by atoms with Crippen molar-refractivity contribution in [2.75, 3.05) is 19.5 Å². The molecule has 0 unspecified atom stereocenters. The number of benzene rings is 1. The molecule has 0 aliphatic heterocycles. The SMILES string of the molecule is CCn1nc(C(=O)Nc2nnc(-c3ccc(OC)c(OC)c3)o2)cc1C. The highest BCUT2D eigenvalue weighted by Crippen LogP contribution is 2.32. The lowest BCUT2D eigenvalue weighted by atomic mass is 10.2. The van der Waals surface area contributed by atoms with E-state index in [1.807, 2.05) is 13.8 Å². The van der Waals surface area contributed by atoms with E-state index in [0.29, 0.717) is 23.6 Å². The second kappa shape index (κ2) is 7.26. The van der Waals surface area contributed by atoms with E-state index in [1.54, 1.807) is 43.2 Å². The Morgan fingerprint density at radius 3 is 2.62 bits per heavy atom. The Bertz CT molecular complexity index is 931. The molecule has 1 amide bonds. The molecule has 0 atom stereocenters. The summed E-state index contributed by atoms with van der Waals surface area (Å²) in [6.07, 6.45) is 0. The van der Waals surface area contributed by atoms with Gasteiger partial charge in [-0.1, -0.05) is 5.10 Å². The van der Waals surface area contributed by atoms with Crippen molar-refractivity contribution in [3.63, 3.8) is 0 Å². The number of amides is 1. The van der Waals surface area contributed by atoms with Gasteiger partial charge in [-0.2, -0.15) is 5.10 Å². The molecule has 3 rings (SSSR count). The van der Waals surface area contributed by atoms with Crippen molar-refractivity contribution in [2.24, 2.45) is 0 Å². The number of carbonyl (C=O) groups excluding carboxylic acids is 1. The van der Waals surface area contributed by atoms with Crippen LogP contribution in [-0.2, 0) is 6.54 Å². The minimum atomic E-state index is -0.414. The molecule has 9 nitrogen and oxygen atoms in total. The van der Waals surface area contributed by atoms with Crippen LogP contribution in [0.15, 0.2) is 28.7 Å². The normalized spacial score (nSPS) is 10.6. The molecule has 0 radical (unpaired) electrons. The van der Waals surface area contributed by atoms with Gasteiger partial charge in [0.25, 0.3) is 5.91 Å². The van der Waals surface area contributed by atoms with Crippen molar-refractivity contribution in [3.05, 3.63) is 35.7 Å². The van der Waals surface area contributed by atoms with Crippen molar-refractivity contribution in [2.45, 2.75) is 20.4 Å². The number of aromatic nitrogens is 4. The van der Waals surface area contributed by atoms with Crippen LogP contribution < -0.4 is 14.8 Å². The van der Waals surface area contributed by atoms with Gasteiger partial charge in [0.15, 0.2) is 17.2 Å². The standard InChI is InChI=1S/C17H19N5O4/c1-5-22-10(2)8-12(21-22)15(23)18-17-20-19-16(26-17)11-6-7-13(24-3)14(9-11)25-4/h6-9H,5H2,1-4H3,(H,18,20,23). The first-order chi connectivity index (χ1) is 12.5. The lowest BCUT2D eigenvalue weighted by molar-refractivity contribution is 0.101. The first-order valence-electron chi connectivity index (χ1n) is 7.97. The Kier molecular flexibility index (Phi) is 4.87. The monoisotopic (exact) mass is 357 g/mol. The number of nitrogens with zero attached hydrogens (tertiary/aromatic N) is 4. The zero-order valence-electron chi connectivity index (χ0n) is 14.9. The van der Waals surface area contributed by atoms with Gasteiger partial charge in [0.1, 0.15) is 0 Å². The Balaban J connectivity index is 1.78. The molecule has 26 heavy (non-hydrogen) atoms. The highest BCUT2D eigenvalue weighted by molar-refractivity contribution is 6.01. The third kappa shape index (κ3) is 3.37.